The predicted octanol–water partition coefficient (Wildman–Crippen LogP) is 1.74. The lowest BCUT2D eigenvalue weighted by Crippen LogP contribution is -2.11. The van der Waals surface area contributed by atoms with E-state index < -0.39 is 0 Å². The Labute approximate surface area is 99.1 Å². The van der Waals surface area contributed by atoms with Gasteiger partial charge < -0.3 is 10.1 Å². The zero-order chi connectivity index (χ0) is 12.3. The van der Waals surface area contributed by atoms with Crippen molar-refractivity contribution >= 4 is 0 Å². The van der Waals surface area contributed by atoms with Crippen molar-refractivity contribution in [1.82, 2.24) is 14.9 Å². The zero-order valence-electron chi connectivity index (χ0n) is 9.77. The molecule has 0 atom stereocenters. The number of methoxy groups -OCH3 is 1. The predicted molar refractivity (Wildman–Crippen MR) is 62.8 cm³/mol. The number of nitrogens with one attached hydrogen (secondary N) is 1. The Bertz CT molecular complexity index is 510. The van der Waals surface area contributed by atoms with Gasteiger partial charge in [0, 0.05) is 18.5 Å². The molecule has 0 bridgehead atoms. The van der Waals surface area contributed by atoms with Gasteiger partial charge in [0.2, 0.25) is 0 Å². The number of halogens is 1. The van der Waals surface area contributed by atoms with E-state index in [2.05, 4.69) is 10.3 Å². The van der Waals surface area contributed by atoms with Gasteiger partial charge in [0.1, 0.15) is 17.4 Å². The first kappa shape index (κ1) is 11.6. The summed E-state index contributed by atoms with van der Waals surface area (Å²) in [5.74, 6) is 1.11. The minimum atomic E-state index is -0.301. The van der Waals surface area contributed by atoms with Gasteiger partial charge in [0.25, 0.3) is 0 Å². The summed E-state index contributed by atoms with van der Waals surface area (Å²) in [7, 11) is 3.40. The lowest BCUT2D eigenvalue weighted by Gasteiger charge is -2.12. The van der Waals surface area contributed by atoms with Crippen LogP contribution in [0.15, 0.2) is 30.6 Å². The molecule has 2 aromatic rings. The highest BCUT2D eigenvalue weighted by atomic mass is 19.1. The maximum Gasteiger partial charge on any atom is 0.143 e. The van der Waals surface area contributed by atoms with E-state index in [0.717, 1.165) is 5.82 Å². The number of hydrogen-bond acceptors (Lipinski definition) is 3. The Morgan fingerprint density at radius 3 is 3.00 bits per heavy atom. The summed E-state index contributed by atoms with van der Waals surface area (Å²) in [4.78, 5) is 4.21. The SMILES string of the molecule is CNCc1nccn1-c1cc(F)ccc1OC. The Hall–Kier alpha value is -1.88. The molecular weight excluding hydrogens is 221 g/mol. The number of aromatic nitrogens is 2. The highest BCUT2D eigenvalue weighted by molar-refractivity contribution is 5.47. The first-order chi connectivity index (χ1) is 8.26. The van der Waals surface area contributed by atoms with Gasteiger partial charge in [0.05, 0.1) is 19.3 Å². The molecule has 0 unspecified atom stereocenters. The van der Waals surface area contributed by atoms with Crippen LogP contribution in [0.4, 0.5) is 4.39 Å². The van der Waals surface area contributed by atoms with Gasteiger partial charge in [-0.3, -0.25) is 4.57 Å². The molecule has 0 saturated carbocycles. The van der Waals surface area contributed by atoms with Gasteiger partial charge in [-0.15, -0.1) is 0 Å². The van der Waals surface area contributed by atoms with E-state index in [1.807, 2.05) is 7.05 Å². The van der Waals surface area contributed by atoms with Crippen molar-refractivity contribution in [2.75, 3.05) is 14.2 Å². The van der Waals surface area contributed by atoms with Crippen molar-refractivity contribution in [2.45, 2.75) is 6.54 Å². The fraction of sp³-hybridized carbons (Fsp3) is 0.250. The van der Waals surface area contributed by atoms with Crippen LogP contribution >= 0.6 is 0 Å². The number of rotatable bonds is 4. The third-order valence-electron chi connectivity index (χ3n) is 2.45. The monoisotopic (exact) mass is 235 g/mol. The fourth-order valence-electron chi connectivity index (χ4n) is 1.69. The third kappa shape index (κ3) is 2.29. The quantitative estimate of drug-likeness (QED) is 0.877. The normalized spacial score (nSPS) is 10.5. The summed E-state index contributed by atoms with van der Waals surface area (Å²) in [6.07, 6.45) is 3.46. The summed E-state index contributed by atoms with van der Waals surface area (Å²) in [5.41, 5.74) is 0.648. The smallest absolute Gasteiger partial charge is 0.143 e. The van der Waals surface area contributed by atoms with Gasteiger partial charge in [0.15, 0.2) is 0 Å². The van der Waals surface area contributed by atoms with Gasteiger partial charge in [-0.2, -0.15) is 0 Å². The second kappa shape index (κ2) is 4.97. The van der Waals surface area contributed by atoms with Crippen LogP contribution < -0.4 is 10.1 Å². The van der Waals surface area contributed by atoms with E-state index in [1.165, 1.54) is 12.1 Å². The Kier molecular flexibility index (Phi) is 3.39. The molecule has 17 heavy (non-hydrogen) atoms. The van der Waals surface area contributed by atoms with Crippen LogP contribution in [-0.4, -0.2) is 23.7 Å². The number of ether oxygens (including phenoxy) is 1. The zero-order valence-corrected chi connectivity index (χ0v) is 9.77. The van der Waals surface area contributed by atoms with Crippen LogP contribution in [0, 0.1) is 5.82 Å². The molecule has 0 fully saturated rings. The number of hydrogen-bond donors (Lipinski definition) is 1. The van der Waals surface area contributed by atoms with Crippen molar-refractivity contribution < 1.29 is 9.13 Å². The first-order valence-corrected chi connectivity index (χ1v) is 5.27. The number of benzene rings is 1. The fourth-order valence-corrected chi connectivity index (χ4v) is 1.69. The highest BCUT2D eigenvalue weighted by Crippen LogP contribution is 2.24. The average molecular weight is 235 g/mol. The molecule has 4 nitrogen and oxygen atoms in total. The summed E-state index contributed by atoms with van der Waals surface area (Å²) in [6.45, 7) is 0.604. The van der Waals surface area contributed by atoms with Crippen LogP contribution in [-0.2, 0) is 6.54 Å². The van der Waals surface area contributed by atoms with Crippen LogP contribution in [0.3, 0.4) is 0 Å². The maximum atomic E-state index is 13.3. The van der Waals surface area contributed by atoms with Crippen LogP contribution in [0.25, 0.3) is 5.69 Å². The summed E-state index contributed by atoms with van der Waals surface area (Å²) in [6, 6.07) is 4.41. The van der Waals surface area contributed by atoms with Crippen molar-refractivity contribution in [3.8, 4) is 11.4 Å². The minimum absolute atomic E-state index is 0.301. The van der Waals surface area contributed by atoms with E-state index in [0.29, 0.717) is 18.0 Å². The molecule has 1 aromatic heterocycles. The number of nitrogens with zero attached hydrogens (tertiary/aromatic N) is 2. The molecule has 5 heteroatoms. The lowest BCUT2D eigenvalue weighted by atomic mass is 10.2. The van der Waals surface area contributed by atoms with Gasteiger partial charge >= 0.3 is 0 Å². The van der Waals surface area contributed by atoms with Crippen LogP contribution in [0.1, 0.15) is 5.82 Å². The summed E-state index contributed by atoms with van der Waals surface area (Å²) >= 11 is 0. The molecule has 0 amide bonds. The minimum Gasteiger partial charge on any atom is -0.495 e. The molecule has 1 heterocycles. The maximum absolute atomic E-state index is 13.3. The topological polar surface area (TPSA) is 39.1 Å². The Balaban J connectivity index is 2.51. The van der Waals surface area contributed by atoms with Crippen molar-refractivity contribution in [3.63, 3.8) is 0 Å². The molecule has 0 spiro atoms. The molecule has 0 aliphatic carbocycles. The van der Waals surface area contributed by atoms with Gasteiger partial charge in [-0.1, -0.05) is 0 Å². The molecular formula is C12H14FN3O. The summed E-state index contributed by atoms with van der Waals surface area (Å²) in [5, 5.41) is 3.01. The van der Waals surface area contributed by atoms with Crippen molar-refractivity contribution in [2.24, 2.45) is 0 Å². The van der Waals surface area contributed by atoms with E-state index in [4.69, 9.17) is 4.74 Å². The van der Waals surface area contributed by atoms with E-state index in [9.17, 15) is 4.39 Å². The first-order valence-electron chi connectivity index (χ1n) is 5.27. The molecule has 0 saturated heterocycles. The van der Waals surface area contributed by atoms with Crippen molar-refractivity contribution in [1.29, 1.82) is 0 Å². The van der Waals surface area contributed by atoms with E-state index in [1.54, 1.807) is 30.1 Å². The molecule has 90 valence electrons. The second-order valence-corrected chi connectivity index (χ2v) is 3.56. The number of imidazole rings is 1. The van der Waals surface area contributed by atoms with Crippen LogP contribution in [0.5, 0.6) is 5.75 Å². The van der Waals surface area contributed by atoms with Gasteiger partial charge in [-0.05, 0) is 19.2 Å². The average Bonchev–Trinajstić information content (AvgIpc) is 2.77. The van der Waals surface area contributed by atoms with E-state index >= 15 is 0 Å². The molecule has 0 aliphatic heterocycles. The molecule has 1 aromatic carbocycles. The molecule has 0 radical (unpaired) electrons. The molecule has 2 rings (SSSR count). The Morgan fingerprint density at radius 2 is 2.29 bits per heavy atom. The van der Waals surface area contributed by atoms with Gasteiger partial charge in [-0.25, -0.2) is 9.37 Å². The molecule has 0 aliphatic rings. The highest BCUT2D eigenvalue weighted by Gasteiger charge is 2.10. The third-order valence-corrected chi connectivity index (χ3v) is 2.45. The Morgan fingerprint density at radius 1 is 1.47 bits per heavy atom. The van der Waals surface area contributed by atoms with Crippen molar-refractivity contribution in [3.05, 3.63) is 42.2 Å². The second-order valence-electron chi connectivity index (χ2n) is 3.56. The summed E-state index contributed by atoms with van der Waals surface area (Å²) < 4.78 is 20.3. The van der Waals surface area contributed by atoms with Crippen LogP contribution in [0.2, 0.25) is 0 Å². The standard InChI is InChI=1S/C12H14FN3O/c1-14-8-12-15-5-6-16(12)10-7-9(13)3-4-11(10)17-2/h3-7,14H,8H2,1-2H3. The largest absolute Gasteiger partial charge is 0.495 e. The lowest BCUT2D eigenvalue weighted by molar-refractivity contribution is 0.411. The van der Waals surface area contributed by atoms with E-state index in [-0.39, 0.29) is 5.82 Å². The molecule has 1 N–H and O–H groups in total.